The van der Waals surface area contributed by atoms with Gasteiger partial charge in [0.25, 0.3) is 5.91 Å². The molecule has 2 N–H and O–H groups in total. The molecule has 29 heavy (non-hydrogen) atoms. The van der Waals surface area contributed by atoms with E-state index >= 15 is 0 Å². The molecule has 0 saturated heterocycles. The molecule has 0 aliphatic heterocycles. The van der Waals surface area contributed by atoms with Crippen molar-refractivity contribution in [3.8, 4) is 0 Å². The summed E-state index contributed by atoms with van der Waals surface area (Å²) in [5, 5.41) is 9.04. The highest BCUT2D eigenvalue weighted by atomic mass is 35.5. The van der Waals surface area contributed by atoms with E-state index in [4.69, 9.17) is 11.6 Å². The number of halogens is 1. The van der Waals surface area contributed by atoms with Gasteiger partial charge in [0.15, 0.2) is 5.13 Å². The van der Waals surface area contributed by atoms with Crippen LogP contribution in [0.5, 0.6) is 0 Å². The molecule has 0 radical (unpaired) electrons. The number of rotatable bonds is 5. The minimum atomic E-state index is -0.553. The summed E-state index contributed by atoms with van der Waals surface area (Å²) in [6, 6.07) is 6.25. The van der Waals surface area contributed by atoms with Crippen LogP contribution >= 0.6 is 22.9 Å². The molecule has 4 fully saturated rings. The third kappa shape index (κ3) is 3.68. The van der Waals surface area contributed by atoms with E-state index in [0.29, 0.717) is 33.5 Å². The molecule has 4 saturated carbocycles. The normalized spacial score (nSPS) is 30.7. The van der Waals surface area contributed by atoms with Crippen LogP contribution in [0.2, 0.25) is 5.02 Å². The zero-order valence-electron chi connectivity index (χ0n) is 16.1. The molecule has 1 heterocycles. The number of nitrogens with zero attached hydrogens (tertiary/aromatic N) is 1. The van der Waals surface area contributed by atoms with Crippen molar-refractivity contribution in [3.05, 3.63) is 46.4 Å². The molecule has 6 rings (SSSR count). The van der Waals surface area contributed by atoms with Gasteiger partial charge in [0, 0.05) is 27.6 Å². The van der Waals surface area contributed by atoms with Crippen LogP contribution in [-0.2, 0) is 4.79 Å². The summed E-state index contributed by atoms with van der Waals surface area (Å²) in [6.07, 6.45) is 8.59. The highest BCUT2D eigenvalue weighted by Crippen LogP contribution is 2.61. The molecule has 2 aromatic rings. The van der Waals surface area contributed by atoms with Gasteiger partial charge in [-0.3, -0.25) is 9.59 Å². The van der Waals surface area contributed by atoms with Gasteiger partial charge in [-0.15, -0.1) is 11.3 Å². The Morgan fingerprint density at radius 3 is 2.24 bits per heavy atom. The topological polar surface area (TPSA) is 71.1 Å². The van der Waals surface area contributed by atoms with Crippen molar-refractivity contribution in [1.29, 1.82) is 0 Å². The lowest BCUT2D eigenvalue weighted by atomic mass is 9.47. The summed E-state index contributed by atoms with van der Waals surface area (Å²) in [4.78, 5) is 30.6. The number of carbonyl (C=O) groups is 2. The van der Waals surface area contributed by atoms with Crippen molar-refractivity contribution in [3.63, 3.8) is 0 Å². The first kappa shape index (κ1) is 19.1. The average Bonchev–Trinajstić information content (AvgIpc) is 3.18. The molecule has 152 valence electrons. The Kier molecular flexibility index (Phi) is 4.87. The maximum atomic E-state index is 13.4. The second-order valence-electron chi connectivity index (χ2n) is 9.02. The van der Waals surface area contributed by atoms with E-state index in [0.717, 1.165) is 19.3 Å². The molecule has 4 aliphatic rings. The molecule has 5 nitrogen and oxygen atoms in total. The lowest BCUT2D eigenvalue weighted by molar-refractivity contribution is -0.129. The predicted molar refractivity (Wildman–Crippen MR) is 114 cm³/mol. The number of anilines is 1. The highest BCUT2D eigenvalue weighted by Gasteiger charge is 2.56. The second-order valence-corrected chi connectivity index (χ2v) is 10.4. The fraction of sp³-hybridized carbons (Fsp3) is 0.500. The summed E-state index contributed by atoms with van der Waals surface area (Å²) in [6.45, 7) is 0. The monoisotopic (exact) mass is 429 g/mol. The smallest absolute Gasteiger partial charge is 0.251 e. The van der Waals surface area contributed by atoms with Crippen molar-refractivity contribution in [1.82, 2.24) is 10.3 Å². The molecule has 1 aromatic carbocycles. The van der Waals surface area contributed by atoms with Crippen LogP contribution in [0, 0.1) is 23.2 Å². The van der Waals surface area contributed by atoms with Gasteiger partial charge in [0.1, 0.15) is 6.04 Å². The summed E-state index contributed by atoms with van der Waals surface area (Å²) in [5.41, 5.74) is 0.365. The maximum Gasteiger partial charge on any atom is 0.251 e. The van der Waals surface area contributed by atoms with Crippen LogP contribution in [-0.4, -0.2) is 22.8 Å². The molecule has 0 unspecified atom stereocenters. The lowest BCUT2D eigenvalue weighted by Gasteiger charge is -2.58. The number of carbonyl (C=O) groups excluding carboxylic acids is 2. The number of nitrogens with one attached hydrogen (secondary N) is 2. The molecule has 4 aliphatic carbocycles. The van der Waals surface area contributed by atoms with Gasteiger partial charge in [-0.1, -0.05) is 11.6 Å². The average molecular weight is 430 g/mol. The van der Waals surface area contributed by atoms with E-state index in [1.165, 1.54) is 30.6 Å². The molecule has 7 heteroatoms. The van der Waals surface area contributed by atoms with E-state index in [1.54, 1.807) is 30.5 Å². The maximum absolute atomic E-state index is 13.4. The minimum absolute atomic E-state index is 0.149. The van der Waals surface area contributed by atoms with Gasteiger partial charge < -0.3 is 10.6 Å². The molecule has 1 aromatic heterocycles. The van der Waals surface area contributed by atoms with Gasteiger partial charge >= 0.3 is 0 Å². The molecule has 0 spiro atoms. The van der Waals surface area contributed by atoms with E-state index in [9.17, 15) is 9.59 Å². The molecule has 2 amide bonds. The first-order valence-corrected chi connectivity index (χ1v) is 11.5. The van der Waals surface area contributed by atoms with Crippen LogP contribution in [0.3, 0.4) is 0 Å². The van der Waals surface area contributed by atoms with E-state index in [2.05, 4.69) is 15.6 Å². The van der Waals surface area contributed by atoms with Crippen LogP contribution in [0.15, 0.2) is 35.8 Å². The Labute approximate surface area is 179 Å². The first-order valence-electron chi connectivity index (χ1n) is 10.3. The zero-order chi connectivity index (χ0) is 20.0. The van der Waals surface area contributed by atoms with Crippen molar-refractivity contribution in [2.24, 2.45) is 23.2 Å². The fourth-order valence-electron chi connectivity index (χ4n) is 6.31. The van der Waals surface area contributed by atoms with Gasteiger partial charge in [-0.05, 0) is 80.5 Å². The van der Waals surface area contributed by atoms with E-state index < -0.39 is 6.04 Å². The lowest BCUT2D eigenvalue weighted by Crippen LogP contribution is -2.61. The number of thiazole rings is 1. The summed E-state index contributed by atoms with van der Waals surface area (Å²) in [5.74, 6) is 1.68. The van der Waals surface area contributed by atoms with E-state index in [-0.39, 0.29) is 17.2 Å². The number of aromatic nitrogens is 1. The third-order valence-corrected chi connectivity index (χ3v) is 7.94. The quantitative estimate of drug-likeness (QED) is 0.720. The largest absolute Gasteiger partial charge is 0.340 e. The number of amides is 2. The zero-order valence-corrected chi connectivity index (χ0v) is 17.6. The van der Waals surface area contributed by atoms with Crippen LogP contribution in [0.4, 0.5) is 5.13 Å². The van der Waals surface area contributed by atoms with Crippen molar-refractivity contribution >= 4 is 39.9 Å². The predicted octanol–water partition coefficient (Wildman–Crippen LogP) is 4.75. The number of hydrogen-bond donors (Lipinski definition) is 2. The SMILES string of the molecule is O=C(N[C@H](C(=O)Nc1nccs1)C12CC3CC(CC(C3)C1)C2)c1ccc(Cl)cc1. The third-order valence-electron chi connectivity index (χ3n) is 7.00. The Bertz CT molecular complexity index is 877. The summed E-state index contributed by atoms with van der Waals surface area (Å²) >= 11 is 7.35. The van der Waals surface area contributed by atoms with Gasteiger partial charge in [-0.25, -0.2) is 4.98 Å². The van der Waals surface area contributed by atoms with Crippen LogP contribution < -0.4 is 10.6 Å². The number of benzene rings is 1. The Balaban J connectivity index is 1.43. The Morgan fingerprint density at radius 2 is 1.69 bits per heavy atom. The van der Waals surface area contributed by atoms with Crippen molar-refractivity contribution < 1.29 is 9.59 Å². The molecule has 4 bridgehead atoms. The second kappa shape index (κ2) is 7.40. The Hall–Kier alpha value is -1.92. The summed E-state index contributed by atoms with van der Waals surface area (Å²) in [7, 11) is 0. The van der Waals surface area contributed by atoms with Crippen LogP contribution in [0.25, 0.3) is 0 Å². The summed E-state index contributed by atoms with van der Waals surface area (Å²) < 4.78 is 0. The molecular formula is C22H24ClN3O2S. The van der Waals surface area contributed by atoms with E-state index in [1.807, 2.05) is 5.38 Å². The first-order chi connectivity index (χ1) is 14.0. The minimum Gasteiger partial charge on any atom is -0.340 e. The van der Waals surface area contributed by atoms with Crippen molar-refractivity contribution in [2.45, 2.75) is 44.6 Å². The number of hydrogen-bond acceptors (Lipinski definition) is 4. The van der Waals surface area contributed by atoms with Gasteiger partial charge in [-0.2, -0.15) is 0 Å². The standard InChI is InChI=1S/C22H24ClN3O2S/c23-17-3-1-16(2-4-17)19(27)25-18(20(28)26-21-24-5-6-29-21)22-10-13-7-14(11-22)9-15(8-13)12-22/h1-6,13-15,18H,7-12H2,(H,25,27)(H,24,26,28)/t13?,14?,15?,18-,22?/m1/s1. The fourth-order valence-corrected chi connectivity index (χ4v) is 6.96. The van der Waals surface area contributed by atoms with Gasteiger partial charge in [0.05, 0.1) is 0 Å². The molecule has 1 atom stereocenters. The van der Waals surface area contributed by atoms with Crippen molar-refractivity contribution in [2.75, 3.05) is 5.32 Å². The highest BCUT2D eigenvalue weighted by molar-refractivity contribution is 7.13. The van der Waals surface area contributed by atoms with Gasteiger partial charge in [0.2, 0.25) is 5.91 Å². The molecular weight excluding hydrogens is 406 g/mol. The van der Waals surface area contributed by atoms with Crippen LogP contribution in [0.1, 0.15) is 48.9 Å². The Morgan fingerprint density at radius 1 is 1.07 bits per heavy atom.